The number of aryl methyl sites for hydroxylation is 1. The van der Waals surface area contributed by atoms with Crippen molar-refractivity contribution in [1.29, 1.82) is 0 Å². The zero-order chi connectivity index (χ0) is 21.0. The molecule has 3 aromatic rings. The van der Waals surface area contributed by atoms with Crippen LogP contribution in [0.4, 0.5) is 0 Å². The van der Waals surface area contributed by atoms with Crippen LogP contribution in [0.15, 0.2) is 51.4 Å². The third kappa shape index (κ3) is 4.00. The number of rotatable bonds is 6. The molecule has 0 unspecified atom stereocenters. The lowest BCUT2D eigenvalue weighted by molar-refractivity contribution is -0.121. The van der Waals surface area contributed by atoms with Crippen molar-refractivity contribution in [2.24, 2.45) is 19.2 Å². The summed E-state index contributed by atoms with van der Waals surface area (Å²) >= 11 is 0. The fraction of sp³-hybridized carbons (Fsp3) is 0.211. The van der Waals surface area contributed by atoms with Crippen molar-refractivity contribution in [3.63, 3.8) is 0 Å². The lowest BCUT2D eigenvalue weighted by Gasteiger charge is -2.05. The number of methoxy groups -OCH3 is 1. The van der Waals surface area contributed by atoms with E-state index in [0.717, 1.165) is 15.9 Å². The number of nitrogens with zero attached hydrogens (tertiary/aromatic N) is 5. The van der Waals surface area contributed by atoms with E-state index < -0.39 is 17.2 Å². The first kappa shape index (κ1) is 19.8. The van der Waals surface area contributed by atoms with Crippen LogP contribution in [0.5, 0.6) is 5.75 Å². The van der Waals surface area contributed by atoms with Gasteiger partial charge in [0.15, 0.2) is 11.2 Å². The maximum Gasteiger partial charge on any atom is 0.332 e. The van der Waals surface area contributed by atoms with Crippen LogP contribution in [0.1, 0.15) is 5.56 Å². The normalized spacial score (nSPS) is 11.6. The van der Waals surface area contributed by atoms with Gasteiger partial charge in [0.1, 0.15) is 12.3 Å². The number of ether oxygens (including phenoxy) is 1. The molecule has 1 amide bonds. The number of hydrazone groups is 1. The first-order chi connectivity index (χ1) is 13.9. The molecular weight excluding hydrogens is 376 g/mol. The van der Waals surface area contributed by atoms with E-state index in [2.05, 4.69) is 15.5 Å². The van der Waals surface area contributed by atoms with Gasteiger partial charge in [-0.05, 0) is 18.2 Å². The molecule has 0 atom stereocenters. The van der Waals surface area contributed by atoms with Crippen molar-refractivity contribution in [3.05, 3.63) is 63.1 Å². The van der Waals surface area contributed by atoms with E-state index in [0.29, 0.717) is 0 Å². The Bertz CT molecular complexity index is 1230. The highest BCUT2D eigenvalue weighted by Crippen LogP contribution is 2.18. The molecule has 0 bridgehead atoms. The Balaban J connectivity index is 1.69. The minimum Gasteiger partial charge on any atom is -0.496 e. The van der Waals surface area contributed by atoms with Gasteiger partial charge in [0, 0.05) is 25.9 Å². The van der Waals surface area contributed by atoms with Crippen LogP contribution in [0.25, 0.3) is 17.2 Å². The number of carbonyl (C=O) groups excluding carboxylic acids is 1. The first-order valence-electron chi connectivity index (χ1n) is 8.66. The zero-order valence-electron chi connectivity index (χ0n) is 16.2. The van der Waals surface area contributed by atoms with Crippen molar-refractivity contribution in [1.82, 2.24) is 24.1 Å². The Morgan fingerprint density at radius 3 is 2.76 bits per heavy atom. The maximum atomic E-state index is 12.4. The molecule has 0 spiro atoms. The monoisotopic (exact) mass is 396 g/mol. The summed E-state index contributed by atoms with van der Waals surface area (Å²) in [6.45, 7) is -0.169. The van der Waals surface area contributed by atoms with Crippen molar-refractivity contribution in [2.45, 2.75) is 6.54 Å². The molecule has 0 aliphatic rings. The van der Waals surface area contributed by atoms with Gasteiger partial charge in [0.2, 0.25) is 0 Å². The predicted molar refractivity (Wildman–Crippen MR) is 109 cm³/mol. The molecule has 0 aliphatic heterocycles. The Kier molecular flexibility index (Phi) is 5.72. The molecule has 2 aromatic heterocycles. The summed E-state index contributed by atoms with van der Waals surface area (Å²) in [5.41, 5.74) is 2.64. The van der Waals surface area contributed by atoms with Crippen LogP contribution in [0.3, 0.4) is 0 Å². The average Bonchev–Trinajstić information content (AvgIpc) is 3.14. The number of fused-ring (bicyclic) bond motifs is 1. The number of allylic oxidation sites excluding steroid dienone is 1. The van der Waals surface area contributed by atoms with Crippen molar-refractivity contribution >= 4 is 29.4 Å². The molecule has 1 N–H and O–H groups in total. The van der Waals surface area contributed by atoms with Gasteiger partial charge in [0.05, 0.1) is 13.4 Å². The van der Waals surface area contributed by atoms with Crippen molar-refractivity contribution in [2.75, 3.05) is 7.11 Å². The summed E-state index contributed by atoms with van der Waals surface area (Å²) < 4.78 is 8.85. The van der Waals surface area contributed by atoms with E-state index in [1.54, 1.807) is 19.3 Å². The molecule has 150 valence electrons. The lowest BCUT2D eigenvalue weighted by atomic mass is 10.2. The number of para-hydroxylation sites is 1. The Morgan fingerprint density at radius 2 is 2.00 bits per heavy atom. The van der Waals surface area contributed by atoms with Gasteiger partial charge >= 0.3 is 5.69 Å². The highest BCUT2D eigenvalue weighted by atomic mass is 16.5. The minimum atomic E-state index is -0.517. The number of amides is 1. The SMILES string of the molecule is COc1ccccc1/C=C\C=N/NC(=O)Cn1cnc2c1c(=O)n(C)c(=O)n2C. The number of carbonyl (C=O) groups is 1. The van der Waals surface area contributed by atoms with Gasteiger partial charge < -0.3 is 9.30 Å². The molecule has 2 heterocycles. The second-order valence-electron chi connectivity index (χ2n) is 6.16. The van der Waals surface area contributed by atoms with E-state index in [1.807, 2.05) is 24.3 Å². The van der Waals surface area contributed by atoms with Crippen LogP contribution in [0.2, 0.25) is 0 Å². The van der Waals surface area contributed by atoms with Crippen molar-refractivity contribution < 1.29 is 9.53 Å². The minimum absolute atomic E-state index is 0.169. The first-order valence-corrected chi connectivity index (χ1v) is 8.66. The fourth-order valence-electron chi connectivity index (χ4n) is 2.81. The van der Waals surface area contributed by atoms with Crippen LogP contribution < -0.4 is 21.4 Å². The molecule has 3 rings (SSSR count). The summed E-state index contributed by atoms with van der Waals surface area (Å²) in [7, 11) is 4.48. The fourth-order valence-corrected chi connectivity index (χ4v) is 2.81. The number of aromatic nitrogens is 4. The van der Waals surface area contributed by atoms with Crippen LogP contribution in [0, 0.1) is 0 Å². The van der Waals surface area contributed by atoms with Gasteiger partial charge in [-0.2, -0.15) is 5.10 Å². The smallest absolute Gasteiger partial charge is 0.332 e. The van der Waals surface area contributed by atoms with E-state index in [1.165, 1.54) is 35.8 Å². The number of nitrogens with one attached hydrogen (secondary N) is 1. The number of hydrogen-bond donors (Lipinski definition) is 1. The Morgan fingerprint density at radius 1 is 1.24 bits per heavy atom. The maximum absolute atomic E-state index is 12.4. The average molecular weight is 396 g/mol. The second-order valence-corrected chi connectivity index (χ2v) is 6.16. The third-order valence-corrected chi connectivity index (χ3v) is 4.30. The molecule has 29 heavy (non-hydrogen) atoms. The summed E-state index contributed by atoms with van der Waals surface area (Å²) in [5, 5.41) is 3.85. The second kappa shape index (κ2) is 8.38. The standard InChI is InChI=1S/C19H20N6O4/c1-23-17-16(18(27)24(2)19(23)28)25(12-20-17)11-15(26)22-21-10-6-8-13-7-4-5-9-14(13)29-3/h4-10,12H,11H2,1-3H3,(H,22,26)/b8-6-,21-10-. The highest BCUT2D eigenvalue weighted by Gasteiger charge is 2.15. The number of imidazole rings is 1. The molecular formula is C19H20N6O4. The van der Waals surface area contributed by atoms with Crippen LogP contribution in [-0.4, -0.2) is 37.9 Å². The molecule has 0 radical (unpaired) electrons. The number of benzene rings is 1. The Labute approximate surface area is 165 Å². The van der Waals surface area contributed by atoms with Gasteiger partial charge in [-0.3, -0.25) is 18.7 Å². The lowest BCUT2D eigenvalue weighted by Crippen LogP contribution is -2.38. The summed E-state index contributed by atoms with van der Waals surface area (Å²) in [6, 6.07) is 7.49. The molecule has 0 saturated carbocycles. The van der Waals surface area contributed by atoms with Gasteiger partial charge in [0.25, 0.3) is 11.5 Å². The van der Waals surface area contributed by atoms with E-state index in [9.17, 15) is 14.4 Å². The topological polar surface area (TPSA) is 113 Å². The van der Waals surface area contributed by atoms with E-state index in [4.69, 9.17) is 4.74 Å². The summed E-state index contributed by atoms with van der Waals surface area (Å²) in [4.78, 5) is 40.5. The van der Waals surface area contributed by atoms with Gasteiger partial charge in [-0.1, -0.05) is 18.2 Å². The van der Waals surface area contributed by atoms with E-state index >= 15 is 0 Å². The Hall–Kier alpha value is -3.95. The summed E-state index contributed by atoms with van der Waals surface area (Å²) in [5.74, 6) is 0.284. The van der Waals surface area contributed by atoms with E-state index in [-0.39, 0.29) is 17.7 Å². The number of hydrogen-bond acceptors (Lipinski definition) is 6. The van der Waals surface area contributed by atoms with Crippen LogP contribution >= 0.6 is 0 Å². The highest BCUT2D eigenvalue weighted by molar-refractivity contribution is 5.82. The zero-order valence-corrected chi connectivity index (χ0v) is 16.2. The molecule has 10 nitrogen and oxygen atoms in total. The van der Waals surface area contributed by atoms with Gasteiger partial charge in [-0.15, -0.1) is 0 Å². The summed E-state index contributed by atoms with van der Waals surface area (Å²) in [6.07, 6.45) is 6.23. The largest absolute Gasteiger partial charge is 0.496 e. The van der Waals surface area contributed by atoms with Crippen molar-refractivity contribution in [3.8, 4) is 5.75 Å². The van der Waals surface area contributed by atoms with Crippen LogP contribution in [-0.2, 0) is 25.4 Å². The molecule has 10 heteroatoms. The molecule has 0 saturated heterocycles. The quantitative estimate of drug-likeness (QED) is 0.474. The van der Waals surface area contributed by atoms with Gasteiger partial charge in [-0.25, -0.2) is 15.2 Å². The molecule has 0 aliphatic carbocycles. The predicted octanol–water partition coefficient (Wildman–Crippen LogP) is 0.258. The third-order valence-electron chi connectivity index (χ3n) is 4.30. The molecule has 1 aromatic carbocycles. The molecule has 0 fully saturated rings.